The highest BCUT2D eigenvalue weighted by atomic mass is 79.9. The van der Waals surface area contributed by atoms with Crippen molar-refractivity contribution >= 4 is 61.9 Å². The first-order chi connectivity index (χ1) is 19.2. The summed E-state index contributed by atoms with van der Waals surface area (Å²) in [5.41, 5.74) is 0.851. The first kappa shape index (κ1) is 29.5. The minimum atomic E-state index is -0.563. The lowest BCUT2D eigenvalue weighted by Crippen LogP contribution is -2.22. The molecule has 0 unspecified atom stereocenters. The van der Waals surface area contributed by atoms with Crippen molar-refractivity contribution in [1.29, 1.82) is 0 Å². The maximum atomic E-state index is 13.4. The Morgan fingerprint density at radius 3 is 2.62 bits per heavy atom. The molecule has 0 N–H and O–H groups in total. The molecule has 3 aromatic carbocycles. The number of unbranched alkanes of at least 4 members (excludes halogenated alkanes) is 1. The summed E-state index contributed by atoms with van der Waals surface area (Å²) in [4.78, 5) is 29.5. The molecule has 0 radical (unpaired) electrons. The predicted molar refractivity (Wildman–Crippen MR) is 160 cm³/mol. The Labute approximate surface area is 248 Å². The second-order valence-electron chi connectivity index (χ2n) is 8.74. The number of fused-ring (bicyclic) bond motifs is 1. The number of hydrogen-bond donors (Lipinski definition) is 0. The largest absolute Gasteiger partial charge is 0.490 e. The van der Waals surface area contributed by atoms with Crippen LogP contribution in [-0.4, -0.2) is 27.4 Å². The zero-order valence-electron chi connectivity index (χ0n) is 21.7. The van der Waals surface area contributed by atoms with Crippen molar-refractivity contribution in [2.45, 2.75) is 39.7 Å². The normalized spacial score (nSPS) is 11.3. The molecule has 0 atom stereocenters. The number of benzene rings is 3. The summed E-state index contributed by atoms with van der Waals surface area (Å²) in [6.07, 6.45) is 3.63. The van der Waals surface area contributed by atoms with Crippen LogP contribution in [0.4, 0.5) is 5.69 Å². The lowest BCUT2D eigenvalue weighted by Gasteiger charge is -2.14. The summed E-state index contributed by atoms with van der Waals surface area (Å²) in [5.74, 6) is 0.604. The predicted octanol–water partition coefficient (Wildman–Crippen LogP) is 7.58. The van der Waals surface area contributed by atoms with Gasteiger partial charge in [-0.2, -0.15) is 9.78 Å². The highest BCUT2D eigenvalue weighted by Crippen LogP contribution is 2.39. The molecule has 0 aliphatic heterocycles. The van der Waals surface area contributed by atoms with Crippen LogP contribution in [0.3, 0.4) is 0 Å². The maximum absolute atomic E-state index is 13.4. The Bertz CT molecular complexity index is 1660. The van der Waals surface area contributed by atoms with Crippen molar-refractivity contribution < 1.29 is 14.4 Å². The number of ether oxygens (including phenoxy) is 2. The fourth-order valence-corrected chi connectivity index (χ4v) is 4.77. The molecule has 0 saturated carbocycles. The first-order valence-electron chi connectivity index (χ1n) is 12.5. The Morgan fingerprint density at radius 2 is 1.93 bits per heavy atom. The monoisotopic (exact) mass is 646 g/mol. The molecule has 12 heteroatoms. The number of halogens is 3. The van der Waals surface area contributed by atoms with Gasteiger partial charge in [0.15, 0.2) is 5.75 Å². The summed E-state index contributed by atoms with van der Waals surface area (Å²) in [6, 6.07) is 13.1. The van der Waals surface area contributed by atoms with Crippen molar-refractivity contribution in [3.8, 4) is 11.5 Å². The molecule has 0 aliphatic carbocycles. The van der Waals surface area contributed by atoms with Gasteiger partial charge in [0, 0.05) is 38.1 Å². The number of aryl methyl sites for hydroxylation is 1. The molecule has 0 saturated heterocycles. The Hall–Kier alpha value is -3.47. The lowest BCUT2D eigenvalue weighted by atomic mass is 10.1. The summed E-state index contributed by atoms with van der Waals surface area (Å²) >= 11 is 15.6. The first-order valence-corrected chi connectivity index (χ1v) is 14.0. The van der Waals surface area contributed by atoms with Crippen LogP contribution in [0.15, 0.2) is 62.9 Å². The van der Waals surface area contributed by atoms with E-state index in [-0.39, 0.29) is 36.0 Å². The molecular formula is C28H25BrCl2N4O5. The summed E-state index contributed by atoms with van der Waals surface area (Å²) in [6.45, 7) is 3.99. The number of nitro benzene ring substituents is 1. The zero-order valence-corrected chi connectivity index (χ0v) is 24.8. The average Bonchev–Trinajstić information content (AvgIpc) is 2.92. The van der Waals surface area contributed by atoms with Gasteiger partial charge in [0.05, 0.1) is 28.6 Å². The molecule has 4 rings (SSSR count). The van der Waals surface area contributed by atoms with Crippen molar-refractivity contribution in [3.63, 3.8) is 0 Å². The molecule has 0 fully saturated rings. The molecule has 208 valence electrons. The van der Waals surface area contributed by atoms with Gasteiger partial charge in [-0.1, -0.05) is 58.5 Å². The van der Waals surface area contributed by atoms with Crippen LogP contribution in [-0.2, 0) is 13.0 Å². The van der Waals surface area contributed by atoms with E-state index >= 15 is 0 Å². The smallest absolute Gasteiger partial charge is 0.315 e. The third-order valence-corrected chi connectivity index (χ3v) is 6.97. The average molecular weight is 648 g/mol. The van der Waals surface area contributed by atoms with Crippen molar-refractivity contribution in [1.82, 2.24) is 9.66 Å². The third-order valence-electron chi connectivity index (χ3n) is 5.89. The van der Waals surface area contributed by atoms with E-state index in [4.69, 9.17) is 32.7 Å². The Morgan fingerprint density at radius 1 is 1.12 bits per heavy atom. The molecule has 40 heavy (non-hydrogen) atoms. The topological polar surface area (TPSA) is 109 Å². The molecule has 0 spiro atoms. The van der Waals surface area contributed by atoms with Crippen LogP contribution in [0, 0.1) is 10.1 Å². The SMILES string of the molecule is CCCCc1nc2ccc(Br)cc2c(=O)n1N=Cc1cc(OCC)c(OCc2ccc(Cl)cc2Cl)c([N+](=O)[O-])c1. The number of nitrogens with zero attached hydrogens (tertiary/aromatic N) is 4. The fraction of sp³-hybridized carbons (Fsp3) is 0.250. The second-order valence-corrected chi connectivity index (χ2v) is 10.5. The van der Waals surface area contributed by atoms with E-state index in [1.165, 1.54) is 17.0 Å². The molecule has 1 aromatic heterocycles. The number of rotatable bonds is 11. The number of hydrogen-bond acceptors (Lipinski definition) is 7. The van der Waals surface area contributed by atoms with Crippen molar-refractivity contribution in [2.24, 2.45) is 5.10 Å². The maximum Gasteiger partial charge on any atom is 0.315 e. The lowest BCUT2D eigenvalue weighted by molar-refractivity contribution is -0.386. The van der Waals surface area contributed by atoms with Gasteiger partial charge in [0.1, 0.15) is 12.4 Å². The molecule has 0 aliphatic rings. The quantitative estimate of drug-likeness (QED) is 0.0943. The van der Waals surface area contributed by atoms with E-state index in [1.807, 2.05) is 13.0 Å². The van der Waals surface area contributed by atoms with Crippen molar-refractivity contribution in [3.05, 3.63) is 100 Å². The van der Waals surface area contributed by atoms with Crippen LogP contribution in [0.25, 0.3) is 10.9 Å². The van der Waals surface area contributed by atoms with Gasteiger partial charge in [-0.15, -0.1) is 0 Å². The molecule has 4 aromatic rings. The van der Waals surface area contributed by atoms with Gasteiger partial charge in [-0.3, -0.25) is 14.9 Å². The van der Waals surface area contributed by atoms with E-state index in [2.05, 4.69) is 26.0 Å². The van der Waals surface area contributed by atoms with Crippen LogP contribution >= 0.6 is 39.1 Å². The molecule has 0 amide bonds. The fourth-order valence-electron chi connectivity index (χ4n) is 3.95. The van der Waals surface area contributed by atoms with E-state index < -0.39 is 4.92 Å². The van der Waals surface area contributed by atoms with Crippen molar-refractivity contribution in [2.75, 3.05) is 6.61 Å². The van der Waals surface area contributed by atoms with E-state index in [1.54, 1.807) is 43.3 Å². The third kappa shape index (κ3) is 6.80. The van der Waals surface area contributed by atoms with Gasteiger partial charge < -0.3 is 9.47 Å². The van der Waals surface area contributed by atoms with E-state index in [0.717, 1.165) is 17.3 Å². The molecular weight excluding hydrogens is 623 g/mol. The zero-order chi connectivity index (χ0) is 28.8. The Balaban J connectivity index is 1.76. The summed E-state index contributed by atoms with van der Waals surface area (Å²) in [7, 11) is 0. The minimum absolute atomic E-state index is 0.0428. The molecule has 9 nitrogen and oxygen atoms in total. The number of aromatic nitrogens is 2. The van der Waals surface area contributed by atoms with Gasteiger partial charge in [0.25, 0.3) is 5.56 Å². The van der Waals surface area contributed by atoms with Gasteiger partial charge >= 0.3 is 5.69 Å². The van der Waals surface area contributed by atoms with Gasteiger partial charge in [0.2, 0.25) is 5.75 Å². The van der Waals surface area contributed by atoms with E-state index in [9.17, 15) is 14.9 Å². The van der Waals surface area contributed by atoms with Crippen LogP contribution < -0.4 is 15.0 Å². The summed E-state index contributed by atoms with van der Waals surface area (Å²) in [5, 5.41) is 17.7. The van der Waals surface area contributed by atoms with Gasteiger partial charge in [-0.05, 0) is 49.7 Å². The molecule has 0 bridgehead atoms. The molecule has 1 heterocycles. The van der Waals surface area contributed by atoms with Crippen LogP contribution in [0.5, 0.6) is 11.5 Å². The standard InChI is InChI=1S/C28H25BrCl2N4O5/c1-3-5-6-26-33-23-10-8-19(29)13-21(23)28(36)34(26)32-15-17-11-24(35(37)38)27(25(12-17)39-4-2)40-16-18-7-9-20(30)14-22(18)31/h7-15H,3-6,16H2,1-2H3. The van der Waals surface area contributed by atoms with Crippen LogP contribution in [0.2, 0.25) is 10.0 Å². The Kier molecular flexibility index (Phi) is 9.78. The van der Waals surface area contributed by atoms with Crippen LogP contribution in [0.1, 0.15) is 43.6 Å². The minimum Gasteiger partial charge on any atom is -0.490 e. The van der Waals surface area contributed by atoms with E-state index in [0.29, 0.717) is 44.3 Å². The highest BCUT2D eigenvalue weighted by Gasteiger charge is 2.23. The van der Waals surface area contributed by atoms with Gasteiger partial charge in [-0.25, -0.2) is 4.98 Å². The second kappa shape index (κ2) is 13.3. The summed E-state index contributed by atoms with van der Waals surface area (Å²) < 4.78 is 13.5. The number of nitro groups is 1. The highest BCUT2D eigenvalue weighted by molar-refractivity contribution is 9.10.